The molecular formula is C35H24N6. The van der Waals surface area contributed by atoms with Crippen LogP contribution < -0.4 is 5.32 Å². The van der Waals surface area contributed by atoms with Crippen molar-refractivity contribution in [2.24, 2.45) is 0 Å². The fourth-order valence-corrected chi connectivity index (χ4v) is 5.50. The molecule has 0 saturated heterocycles. The Morgan fingerprint density at radius 1 is 0.488 bits per heavy atom. The van der Waals surface area contributed by atoms with Crippen LogP contribution in [0.3, 0.4) is 0 Å². The summed E-state index contributed by atoms with van der Waals surface area (Å²) in [6.45, 7) is 0. The molecule has 0 amide bonds. The van der Waals surface area contributed by atoms with E-state index in [-0.39, 0.29) is 6.17 Å². The fraction of sp³-hybridized carbons (Fsp3) is 0.0286. The number of para-hydroxylation sites is 3. The van der Waals surface area contributed by atoms with Crippen LogP contribution in [0.4, 0.5) is 5.69 Å². The predicted molar refractivity (Wildman–Crippen MR) is 163 cm³/mol. The molecular weight excluding hydrogens is 504 g/mol. The molecule has 0 radical (unpaired) electrons. The van der Waals surface area contributed by atoms with Crippen molar-refractivity contribution in [2.45, 2.75) is 6.17 Å². The van der Waals surface area contributed by atoms with Gasteiger partial charge in [-0.2, -0.15) is 0 Å². The number of rotatable bonds is 4. The number of aromatic nitrogens is 5. The molecule has 5 aromatic carbocycles. The lowest BCUT2D eigenvalue weighted by Gasteiger charge is -2.30. The Morgan fingerprint density at radius 3 is 1.68 bits per heavy atom. The Bertz CT molecular complexity index is 1960. The molecule has 0 saturated carbocycles. The van der Waals surface area contributed by atoms with Gasteiger partial charge in [-0.05, 0) is 29.8 Å². The highest BCUT2D eigenvalue weighted by Crippen LogP contribution is 2.40. The van der Waals surface area contributed by atoms with Gasteiger partial charge >= 0.3 is 0 Å². The fourth-order valence-electron chi connectivity index (χ4n) is 5.50. The van der Waals surface area contributed by atoms with Crippen LogP contribution in [0.5, 0.6) is 0 Å². The molecule has 6 nitrogen and oxygen atoms in total. The topological polar surface area (TPSA) is 68.5 Å². The van der Waals surface area contributed by atoms with Gasteiger partial charge in [-0.25, -0.2) is 19.9 Å². The molecule has 41 heavy (non-hydrogen) atoms. The maximum absolute atomic E-state index is 5.01. The van der Waals surface area contributed by atoms with Gasteiger partial charge in [0.15, 0.2) is 17.5 Å². The molecule has 6 heteroatoms. The number of anilines is 1. The first-order chi connectivity index (χ1) is 20.3. The lowest BCUT2D eigenvalue weighted by Crippen LogP contribution is -2.24. The van der Waals surface area contributed by atoms with Gasteiger partial charge in [-0.3, -0.25) is 4.57 Å². The second kappa shape index (κ2) is 9.54. The lowest BCUT2D eigenvalue weighted by molar-refractivity contribution is 0.669. The van der Waals surface area contributed by atoms with Crippen LogP contribution in [-0.2, 0) is 0 Å². The Balaban J connectivity index is 1.23. The summed E-state index contributed by atoms with van der Waals surface area (Å²) in [5.74, 6) is 2.91. The summed E-state index contributed by atoms with van der Waals surface area (Å²) in [6.07, 6.45) is -0.112. The molecule has 8 rings (SSSR count). The third-order valence-corrected chi connectivity index (χ3v) is 7.50. The SMILES string of the molecule is c1ccc(-c2nc(-c3ccccc3)nc(-c3ccc(C4Nc5ccccc5-c5nc6ccccc6n54)cc3)n2)cc1. The number of nitrogens with one attached hydrogen (secondary N) is 1. The first kappa shape index (κ1) is 23.3. The number of benzene rings is 5. The number of hydrogen-bond donors (Lipinski definition) is 1. The van der Waals surface area contributed by atoms with Gasteiger partial charge in [0.2, 0.25) is 0 Å². The zero-order valence-electron chi connectivity index (χ0n) is 22.0. The zero-order valence-corrected chi connectivity index (χ0v) is 22.0. The Morgan fingerprint density at radius 2 is 1.02 bits per heavy atom. The quantitative estimate of drug-likeness (QED) is 0.252. The number of nitrogens with zero attached hydrogens (tertiary/aromatic N) is 5. The van der Waals surface area contributed by atoms with Crippen LogP contribution in [0.25, 0.3) is 56.6 Å². The minimum Gasteiger partial charge on any atom is -0.361 e. The third-order valence-electron chi connectivity index (χ3n) is 7.50. The third kappa shape index (κ3) is 4.05. The molecule has 1 aliphatic rings. The lowest BCUT2D eigenvalue weighted by atomic mass is 10.0. The van der Waals surface area contributed by atoms with Gasteiger partial charge in [0.25, 0.3) is 0 Å². The standard InChI is InChI=1S/C35H24N6/c1-3-11-23(12-4-1)31-38-32(24-13-5-2-6-14-24)40-33(39-31)25-19-21-26(22-20-25)34-36-28-16-8-7-15-27(28)35-37-29-17-9-10-18-30(29)41(34)35/h1-22,34,36H. The minimum absolute atomic E-state index is 0.112. The van der Waals surface area contributed by atoms with E-state index in [1.807, 2.05) is 66.7 Å². The van der Waals surface area contributed by atoms with Crippen molar-refractivity contribution in [3.8, 4) is 45.6 Å². The van der Waals surface area contributed by atoms with Crippen LogP contribution in [0.1, 0.15) is 11.7 Å². The van der Waals surface area contributed by atoms with E-state index < -0.39 is 0 Å². The predicted octanol–water partition coefficient (Wildman–Crippen LogP) is 7.86. The molecule has 0 fully saturated rings. The molecule has 0 bridgehead atoms. The molecule has 0 aliphatic carbocycles. The van der Waals surface area contributed by atoms with Crippen LogP contribution in [0.2, 0.25) is 0 Å². The maximum Gasteiger partial charge on any atom is 0.164 e. The highest BCUT2D eigenvalue weighted by atomic mass is 15.2. The Labute approximate surface area is 237 Å². The van der Waals surface area contributed by atoms with Crippen molar-refractivity contribution in [2.75, 3.05) is 5.32 Å². The summed E-state index contributed by atoms with van der Waals surface area (Å²) >= 11 is 0. The summed E-state index contributed by atoms with van der Waals surface area (Å²) < 4.78 is 2.29. The molecule has 1 N–H and O–H groups in total. The van der Waals surface area contributed by atoms with Crippen molar-refractivity contribution in [3.63, 3.8) is 0 Å². The van der Waals surface area contributed by atoms with Gasteiger partial charge < -0.3 is 5.32 Å². The molecule has 1 atom stereocenters. The first-order valence-corrected chi connectivity index (χ1v) is 13.6. The van der Waals surface area contributed by atoms with Crippen LogP contribution in [-0.4, -0.2) is 24.5 Å². The normalized spacial score (nSPS) is 13.8. The summed E-state index contributed by atoms with van der Waals surface area (Å²) in [6, 6.07) is 45.2. The van der Waals surface area contributed by atoms with E-state index in [0.717, 1.165) is 50.4 Å². The summed E-state index contributed by atoms with van der Waals surface area (Å²) in [7, 11) is 0. The average molecular weight is 529 g/mol. The number of hydrogen-bond acceptors (Lipinski definition) is 5. The zero-order chi connectivity index (χ0) is 27.2. The highest BCUT2D eigenvalue weighted by molar-refractivity contribution is 5.86. The molecule has 2 aromatic heterocycles. The van der Waals surface area contributed by atoms with Crippen LogP contribution in [0.15, 0.2) is 133 Å². The van der Waals surface area contributed by atoms with Crippen molar-refractivity contribution >= 4 is 16.7 Å². The second-order valence-electron chi connectivity index (χ2n) is 10.0. The second-order valence-corrected chi connectivity index (χ2v) is 10.0. The maximum atomic E-state index is 5.01. The molecule has 7 aromatic rings. The number of imidazole rings is 1. The van der Waals surface area contributed by atoms with E-state index >= 15 is 0 Å². The minimum atomic E-state index is -0.112. The van der Waals surface area contributed by atoms with Gasteiger partial charge in [0, 0.05) is 27.9 Å². The van der Waals surface area contributed by atoms with E-state index in [0.29, 0.717) is 17.5 Å². The molecule has 1 aliphatic heterocycles. The van der Waals surface area contributed by atoms with Gasteiger partial charge in [0.05, 0.1) is 11.0 Å². The van der Waals surface area contributed by atoms with Crippen molar-refractivity contribution in [3.05, 3.63) is 139 Å². The monoisotopic (exact) mass is 528 g/mol. The Hall–Kier alpha value is -5.62. The highest BCUT2D eigenvalue weighted by Gasteiger charge is 2.28. The van der Waals surface area contributed by atoms with Gasteiger partial charge in [-0.1, -0.05) is 109 Å². The van der Waals surface area contributed by atoms with Crippen LogP contribution >= 0.6 is 0 Å². The van der Waals surface area contributed by atoms with Crippen LogP contribution in [0, 0.1) is 0 Å². The van der Waals surface area contributed by atoms with E-state index in [2.05, 4.69) is 76.6 Å². The average Bonchev–Trinajstić information content (AvgIpc) is 3.45. The van der Waals surface area contributed by atoms with E-state index in [4.69, 9.17) is 19.9 Å². The summed E-state index contributed by atoms with van der Waals surface area (Å²) in [5, 5.41) is 3.75. The molecule has 194 valence electrons. The molecule has 0 spiro atoms. The van der Waals surface area contributed by atoms with Gasteiger partial charge in [0.1, 0.15) is 12.0 Å². The van der Waals surface area contributed by atoms with Gasteiger partial charge in [-0.15, -0.1) is 0 Å². The molecule has 1 unspecified atom stereocenters. The first-order valence-electron chi connectivity index (χ1n) is 13.6. The Kier molecular flexibility index (Phi) is 5.42. The van der Waals surface area contributed by atoms with Crippen molar-refractivity contribution in [1.82, 2.24) is 24.5 Å². The molecule has 3 heterocycles. The summed E-state index contributed by atoms with van der Waals surface area (Å²) in [5.41, 5.74) is 8.20. The van der Waals surface area contributed by atoms with E-state index in [1.54, 1.807) is 0 Å². The smallest absolute Gasteiger partial charge is 0.164 e. The number of fused-ring (bicyclic) bond motifs is 5. The van der Waals surface area contributed by atoms with Crippen molar-refractivity contribution < 1.29 is 0 Å². The van der Waals surface area contributed by atoms with E-state index in [1.165, 1.54) is 0 Å². The van der Waals surface area contributed by atoms with E-state index in [9.17, 15) is 0 Å². The summed E-state index contributed by atoms with van der Waals surface area (Å²) in [4.78, 5) is 19.6. The van der Waals surface area contributed by atoms with Crippen molar-refractivity contribution in [1.29, 1.82) is 0 Å². The largest absolute Gasteiger partial charge is 0.361 e.